The molecule has 1 atom stereocenters. The highest BCUT2D eigenvalue weighted by Gasteiger charge is 2.41. The summed E-state index contributed by atoms with van der Waals surface area (Å²) in [4.78, 5) is 22.1. The van der Waals surface area contributed by atoms with Gasteiger partial charge in [-0.15, -0.1) is 0 Å². The molecular weight excluding hydrogens is 244 g/mol. The first-order valence-electron chi connectivity index (χ1n) is 6.60. The van der Waals surface area contributed by atoms with Crippen molar-refractivity contribution in [1.82, 2.24) is 15.3 Å². The molecule has 2 aliphatic heterocycles. The molecule has 1 aromatic heterocycles. The lowest BCUT2D eigenvalue weighted by molar-refractivity contribution is 0.175. The van der Waals surface area contributed by atoms with Gasteiger partial charge in [0.2, 0.25) is 0 Å². The number of ether oxygens (including phenoxy) is 1. The van der Waals surface area contributed by atoms with E-state index in [1.807, 2.05) is 13.8 Å². The van der Waals surface area contributed by atoms with Gasteiger partial charge in [-0.2, -0.15) is 0 Å². The Hall–Kier alpha value is -1.69. The van der Waals surface area contributed by atoms with Crippen molar-refractivity contribution < 1.29 is 9.53 Å². The fourth-order valence-corrected chi connectivity index (χ4v) is 2.58. The molecule has 19 heavy (non-hydrogen) atoms. The van der Waals surface area contributed by atoms with E-state index in [4.69, 9.17) is 4.74 Å². The maximum absolute atomic E-state index is 11.8. The quantitative estimate of drug-likeness (QED) is 0.877. The van der Waals surface area contributed by atoms with Crippen molar-refractivity contribution >= 4 is 11.9 Å². The van der Waals surface area contributed by atoms with Crippen LogP contribution in [0.3, 0.4) is 0 Å². The average Bonchev–Trinajstić information content (AvgIpc) is 2.99. The van der Waals surface area contributed by atoms with E-state index in [1.165, 1.54) is 6.42 Å². The van der Waals surface area contributed by atoms with Gasteiger partial charge in [-0.25, -0.2) is 9.78 Å². The summed E-state index contributed by atoms with van der Waals surface area (Å²) in [6.07, 6.45) is 5.31. The van der Waals surface area contributed by atoms with Gasteiger partial charge in [0, 0.05) is 0 Å². The summed E-state index contributed by atoms with van der Waals surface area (Å²) in [5, 5.41) is 3.38. The second-order valence-electron chi connectivity index (χ2n) is 5.65. The number of nitrogens with one attached hydrogen (secondary N) is 1. The number of nitrogens with zero attached hydrogens (tertiary/aromatic N) is 3. The van der Waals surface area contributed by atoms with E-state index < -0.39 is 0 Å². The van der Waals surface area contributed by atoms with E-state index in [-0.39, 0.29) is 11.6 Å². The van der Waals surface area contributed by atoms with Crippen LogP contribution in [-0.2, 0) is 4.74 Å². The summed E-state index contributed by atoms with van der Waals surface area (Å²) in [6, 6.07) is 0.292. The number of rotatable bonds is 2. The Kier molecular flexibility index (Phi) is 2.89. The van der Waals surface area contributed by atoms with Crippen LogP contribution in [0.2, 0.25) is 0 Å². The third kappa shape index (κ3) is 2.16. The van der Waals surface area contributed by atoms with Gasteiger partial charge >= 0.3 is 6.09 Å². The fourth-order valence-electron chi connectivity index (χ4n) is 2.58. The van der Waals surface area contributed by atoms with E-state index in [0.29, 0.717) is 18.5 Å². The number of hydrogen-bond donors (Lipinski definition) is 1. The summed E-state index contributed by atoms with van der Waals surface area (Å²) < 4.78 is 5.07. The molecule has 6 heteroatoms. The molecule has 1 aromatic rings. The summed E-state index contributed by atoms with van der Waals surface area (Å²) in [7, 11) is 0. The molecular formula is C13H18N4O2. The zero-order chi connectivity index (χ0) is 13.5. The molecule has 3 rings (SSSR count). The lowest BCUT2D eigenvalue weighted by atomic mass is 10.1. The fraction of sp³-hybridized carbons (Fsp3) is 0.615. The molecule has 2 fully saturated rings. The predicted molar refractivity (Wildman–Crippen MR) is 69.9 cm³/mol. The number of aromatic nitrogens is 2. The van der Waals surface area contributed by atoms with Crippen LogP contribution in [0.5, 0.6) is 0 Å². The van der Waals surface area contributed by atoms with Crippen molar-refractivity contribution in [2.75, 3.05) is 18.1 Å². The highest BCUT2D eigenvalue weighted by molar-refractivity contribution is 5.89. The summed E-state index contributed by atoms with van der Waals surface area (Å²) in [5.74, 6) is 0.550. The third-order valence-electron chi connectivity index (χ3n) is 3.64. The minimum absolute atomic E-state index is 0.292. The summed E-state index contributed by atoms with van der Waals surface area (Å²) in [5.41, 5.74) is 0.561. The third-order valence-corrected chi connectivity index (χ3v) is 3.64. The Morgan fingerprint density at radius 1 is 1.42 bits per heavy atom. The normalized spacial score (nSPS) is 25.7. The molecule has 0 radical (unpaired) electrons. The molecule has 2 saturated heterocycles. The minimum atomic E-state index is -0.376. The molecule has 0 aliphatic carbocycles. The maximum atomic E-state index is 11.8. The van der Waals surface area contributed by atoms with Crippen LogP contribution in [0.25, 0.3) is 0 Å². The Morgan fingerprint density at radius 3 is 2.79 bits per heavy atom. The highest BCUT2D eigenvalue weighted by Crippen LogP contribution is 2.29. The molecule has 0 spiro atoms. The van der Waals surface area contributed by atoms with E-state index in [1.54, 1.807) is 17.3 Å². The van der Waals surface area contributed by atoms with Crippen molar-refractivity contribution in [2.24, 2.45) is 0 Å². The predicted octanol–water partition coefficient (Wildman–Crippen LogP) is 1.64. The van der Waals surface area contributed by atoms with Gasteiger partial charge in [-0.3, -0.25) is 9.88 Å². The van der Waals surface area contributed by atoms with E-state index in [2.05, 4.69) is 15.3 Å². The van der Waals surface area contributed by atoms with Crippen molar-refractivity contribution in [3.8, 4) is 0 Å². The molecule has 2 aliphatic rings. The molecule has 0 saturated carbocycles. The van der Waals surface area contributed by atoms with Gasteiger partial charge in [0.25, 0.3) is 0 Å². The van der Waals surface area contributed by atoms with Crippen molar-refractivity contribution in [1.29, 1.82) is 0 Å². The number of hydrogen-bond acceptors (Lipinski definition) is 5. The Morgan fingerprint density at radius 2 is 2.26 bits per heavy atom. The van der Waals surface area contributed by atoms with Gasteiger partial charge < -0.3 is 10.1 Å². The van der Waals surface area contributed by atoms with Gasteiger partial charge in [0.1, 0.15) is 6.61 Å². The zero-order valence-electron chi connectivity index (χ0n) is 11.2. The van der Waals surface area contributed by atoms with Crippen molar-refractivity contribution in [3.05, 3.63) is 18.1 Å². The number of carbonyl (C=O) groups is 1. The standard InChI is InChI=1S/C13H18N4O2/c1-13(2)8-19-12(18)17(13)11-7-15-10(6-16-11)9-4-3-5-14-9/h6-7,9,14H,3-5,8H2,1-2H3/t9-/m1/s1. The Bertz CT molecular complexity index is 480. The van der Waals surface area contributed by atoms with Crippen LogP contribution in [-0.4, -0.2) is 34.8 Å². The van der Waals surface area contributed by atoms with Crippen LogP contribution in [0.15, 0.2) is 12.4 Å². The summed E-state index contributed by atoms with van der Waals surface area (Å²) in [6.45, 7) is 5.30. The summed E-state index contributed by atoms with van der Waals surface area (Å²) >= 11 is 0. The molecule has 1 N–H and O–H groups in total. The molecule has 3 heterocycles. The average molecular weight is 262 g/mol. The highest BCUT2D eigenvalue weighted by atomic mass is 16.6. The van der Waals surface area contributed by atoms with Crippen LogP contribution < -0.4 is 10.2 Å². The first kappa shape index (κ1) is 12.3. The number of carbonyl (C=O) groups excluding carboxylic acids is 1. The molecule has 0 unspecified atom stereocenters. The lowest BCUT2D eigenvalue weighted by Gasteiger charge is -2.26. The first-order chi connectivity index (χ1) is 9.08. The maximum Gasteiger partial charge on any atom is 0.416 e. The largest absolute Gasteiger partial charge is 0.447 e. The van der Waals surface area contributed by atoms with Crippen LogP contribution in [0, 0.1) is 0 Å². The van der Waals surface area contributed by atoms with Crippen LogP contribution in [0.4, 0.5) is 10.6 Å². The van der Waals surface area contributed by atoms with E-state index >= 15 is 0 Å². The van der Waals surface area contributed by atoms with Crippen molar-refractivity contribution in [2.45, 2.75) is 38.3 Å². The lowest BCUT2D eigenvalue weighted by Crippen LogP contribution is -2.42. The van der Waals surface area contributed by atoms with Gasteiger partial charge in [0.05, 0.1) is 29.7 Å². The molecule has 1 amide bonds. The minimum Gasteiger partial charge on any atom is -0.447 e. The van der Waals surface area contributed by atoms with E-state index in [9.17, 15) is 4.79 Å². The Balaban J connectivity index is 1.84. The number of amides is 1. The number of cyclic esters (lactones) is 1. The van der Waals surface area contributed by atoms with Crippen LogP contribution >= 0.6 is 0 Å². The van der Waals surface area contributed by atoms with Gasteiger partial charge in [-0.1, -0.05) is 0 Å². The second kappa shape index (κ2) is 4.45. The Labute approximate surface area is 112 Å². The topological polar surface area (TPSA) is 67.3 Å². The molecule has 0 aromatic carbocycles. The van der Waals surface area contributed by atoms with Gasteiger partial charge in [-0.05, 0) is 33.2 Å². The first-order valence-corrected chi connectivity index (χ1v) is 6.60. The number of anilines is 1. The molecule has 6 nitrogen and oxygen atoms in total. The second-order valence-corrected chi connectivity index (χ2v) is 5.65. The molecule has 102 valence electrons. The van der Waals surface area contributed by atoms with E-state index in [0.717, 1.165) is 18.7 Å². The smallest absolute Gasteiger partial charge is 0.416 e. The monoisotopic (exact) mass is 262 g/mol. The van der Waals surface area contributed by atoms with Gasteiger partial charge in [0.15, 0.2) is 5.82 Å². The molecule has 0 bridgehead atoms. The SMILES string of the molecule is CC1(C)COC(=O)N1c1cnc([C@H]2CCCN2)cn1. The van der Waals surface area contributed by atoms with Crippen LogP contribution in [0.1, 0.15) is 38.4 Å². The zero-order valence-corrected chi connectivity index (χ0v) is 11.2. The van der Waals surface area contributed by atoms with Crippen molar-refractivity contribution in [3.63, 3.8) is 0 Å².